The molecule has 2 atom stereocenters. The van der Waals surface area contributed by atoms with Crippen LogP contribution in [0.2, 0.25) is 0 Å². The Morgan fingerprint density at radius 1 is 1.10 bits per heavy atom. The molecule has 0 aromatic heterocycles. The maximum atomic E-state index is 13.0. The first-order chi connectivity index (χ1) is 14.2. The Morgan fingerprint density at radius 3 is 2.33 bits per heavy atom. The maximum Gasteiger partial charge on any atom is 0.325 e. The number of nitrogens with one attached hydrogen (secondary N) is 2. The number of hydrogen-bond donors (Lipinski definition) is 2. The van der Waals surface area contributed by atoms with Crippen molar-refractivity contribution in [3.05, 3.63) is 71.3 Å². The summed E-state index contributed by atoms with van der Waals surface area (Å²) in [5.41, 5.74) is 1.64. The lowest BCUT2D eigenvalue weighted by Crippen LogP contribution is -2.44. The highest BCUT2D eigenvalue weighted by molar-refractivity contribution is 6.09. The average molecular weight is 409 g/mol. The van der Waals surface area contributed by atoms with Gasteiger partial charge in [-0.3, -0.25) is 14.5 Å². The van der Waals surface area contributed by atoms with Crippen molar-refractivity contribution in [1.29, 1.82) is 0 Å². The third kappa shape index (κ3) is 4.36. The van der Waals surface area contributed by atoms with E-state index in [0.717, 1.165) is 16.0 Å². The van der Waals surface area contributed by atoms with Crippen LogP contribution in [0, 0.1) is 6.92 Å². The molecule has 1 aliphatic heterocycles. The highest BCUT2D eigenvalue weighted by Gasteiger charge is 2.49. The number of urea groups is 1. The van der Waals surface area contributed by atoms with Crippen LogP contribution in [0.4, 0.5) is 4.79 Å². The van der Waals surface area contributed by atoms with Gasteiger partial charge in [-0.25, -0.2) is 4.79 Å². The number of benzene rings is 2. The minimum absolute atomic E-state index is 0.0175. The monoisotopic (exact) mass is 408 g/mol. The van der Waals surface area contributed by atoms with Gasteiger partial charge in [0, 0.05) is 6.54 Å². The number of likely N-dealkylation sites (N-methyl/N-ethyl adjacent to an activating group) is 1. The predicted octanol–water partition coefficient (Wildman–Crippen LogP) is 2.18. The van der Waals surface area contributed by atoms with Crippen LogP contribution in [-0.2, 0) is 15.1 Å². The van der Waals surface area contributed by atoms with E-state index in [0.29, 0.717) is 12.1 Å². The summed E-state index contributed by atoms with van der Waals surface area (Å²) in [5, 5.41) is 5.58. The van der Waals surface area contributed by atoms with Gasteiger partial charge in [0.1, 0.15) is 12.1 Å². The maximum absolute atomic E-state index is 13.0. The Labute approximate surface area is 177 Å². The van der Waals surface area contributed by atoms with Gasteiger partial charge in [0.05, 0.1) is 6.04 Å². The molecule has 0 radical (unpaired) electrons. The van der Waals surface area contributed by atoms with Crippen molar-refractivity contribution in [3.8, 4) is 0 Å². The lowest BCUT2D eigenvalue weighted by atomic mass is 9.91. The largest absolute Gasteiger partial charge is 0.353 e. The summed E-state index contributed by atoms with van der Waals surface area (Å²) in [5.74, 6) is -0.812. The van der Waals surface area contributed by atoms with Crippen LogP contribution in [0.3, 0.4) is 0 Å². The number of amides is 4. The zero-order chi connectivity index (χ0) is 21.9. The lowest BCUT2D eigenvalue weighted by Gasteiger charge is -2.25. The summed E-state index contributed by atoms with van der Waals surface area (Å²) in [4.78, 5) is 41.0. The number of rotatable bonds is 7. The second-order valence-electron chi connectivity index (χ2n) is 8.01. The molecule has 2 aromatic carbocycles. The molecule has 2 aromatic rings. The molecular weight excluding hydrogens is 380 g/mol. The molecule has 30 heavy (non-hydrogen) atoms. The number of aryl methyl sites for hydroxylation is 1. The molecule has 158 valence electrons. The third-order valence-corrected chi connectivity index (χ3v) is 5.51. The summed E-state index contributed by atoms with van der Waals surface area (Å²) in [6.07, 6.45) is 0. The Bertz CT molecular complexity index is 927. The molecule has 1 fully saturated rings. The van der Waals surface area contributed by atoms with E-state index in [2.05, 4.69) is 10.6 Å². The molecule has 0 spiro atoms. The van der Waals surface area contributed by atoms with Crippen LogP contribution in [0.25, 0.3) is 0 Å². The van der Waals surface area contributed by atoms with Crippen molar-refractivity contribution < 1.29 is 14.4 Å². The van der Waals surface area contributed by atoms with Gasteiger partial charge in [0.2, 0.25) is 5.91 Å². The van der Waals surface area contributed by atoms with Crippen molar-refractivity contribution >= 4 is 17.8 Å². The second kappa shape index (κ2) is 8.67. The van der Waals surface area contributed by atoms with Gasteiger partial charge >= 0.3 is 6.03 Å². The summed E-state index contributed by atoms with van der Waals surface area (Å²) < 4.78 is 0. The van der Waals surface area contributed by atoms with Crippen molar-refractivity contribution in [3.63, 3.8) is 0 Å². The molecule has 1 saturated heterocycles. The van der Waals surface area contributed by atoms with Crippen molar-refractivity contribution in [2.45, 2.75) is 25.4 Å². The first-order valence-electron chi connectivity index (χ1n) is 9.91. The van der Waals surface area contributed by atoms with Gasteiger partial charge in [-0.2, -0.15) is 0 Å². The van der Waals surface area contributed by atoms with E-state index in [4.69, 9.17) is 0 Å². The van der Waals surface area contributed by atoms with Crippen LogP contribution in [0.15, 0.2) is 54.6 Å². The Morgan fingerprint density at radius 2 is 1.73 bits per heavy atom. The number of carbonyl (C=O) groups excluding carboxylic acids is 3. The smallest absolute Gasteiger partial charge is 0.325 e. The second-order valence-corrected chi connectivity index (χ2v) is 8.01. The first kappa shape index (κ1) is 21.5. The van der Waals surface area contributed by atoms with Crippen LogP contribution >= 0.6 is 0 Å². The van der Waals surface area contributed by atoms with E-state index in [1.54, 1.807) is 6.92 Å². The Hall–Kier alpha value is -3.19. The van der Waals surface area contributed by atoms with Gasteiger partial charge in [-0.15, -0.1) is 0 Å². The van der Waals surface area contributed by atoms with Gasteiger partial charge in [-0.1, -0.05) is 60.2 Å². The van der Waals surface area contributed by atoms with Crippen molar-refractivity contribution in [2.75, 3.05) is 27.2 Å². The number of hydrogen-bond acceptors (Lipinski definition) is 4. The van der Waals surface area contributed by atoms with E-state index < -0.39 is 17.5 Å². The van der Waals surface area contributed by atoms with Crippen LogP contribution in [0.5, 0.6) is 0 Å². The molecular formula is C23H28N4O3. The van der Waals surface area contributed by atoms with E-state index in [-0.39, 0.29) is 18.5 Å². The standard InChI is InChI=1S/C23H28N4O3/c1-16-10-12-18(13-11-16)23(2)21(29)27(22(30)25-23)15-20(28)24-14-19(26(3)4)17-8-6-5-7-9-17/h5-13,19H,14-15H2,1-4H3,(H,24,28)(H,25,30). The van der Waals surface area contributed by atoms with Crippen molar-refractivity contribution in [2.24, 2.45) is 0 Å². The van der Waals surface area contributed by atoms with Gasteiger partial charge in [0.25, 0.3) is 5.91 Å². The lowest BCUT2D eigenvalue weighted by molar-refractivity contribution is -0.134. The zero-order valence-electron chi connectivity index (χ0n) is 17.8. The van der Waals surface area contributed by atoms with E-state index in [9.17, 15) is 14.4 Å². The highest BCUT2D eigenvalue weighted by Crippen LogP contribution is 2.28. The summed E-state index contributed by atoms with van der Waals surface area (Å²) in [7, 11) is 3.88. The van der Waals surface area contributed by atoms with Crippen LogP contribution in [0.1, 0.15) is 29.7 Å². The highest BCUT2D eigenvalue weighted by atomic mass is 16.2. The van der Waals surface area contributed by atoms with E-state index >= 15 is 0 Å². The molecule has 0 saturated carbocycles. The minimum atomic E-state index is -1.18. The van der Waals surface area contributed by atoms with Crippen LogP contribution < -0.4 is 10.6 Å². The molecule has 2 N–H and O–H groups in total. The third-order valence-electron chi connectivity index (χ3n) is 5.51. The minimum Gasteiger partial charge on any atom is -0.353 e. The molecule has 1 aliphatic rings. The Balaban J connectivity index is 1.65. The normalized spacial score (nSPS) is 19.7. The molecule has 1 heterocycles. The average Bonchev–Trinajstić information content (AvgIpc) is 2.93. The molecule has 0 aliphatic carbocycles. The summed E-state index contributed by atoms with van der Waals surface area (Å²) in [6, 6.07) is 16.7. The summed E-state index contributed by atoms with van der Waals surface area (Å²) in [6.45, 7) is 3.66. The molecule has 2 unspecified atom stereocenters. The topological polar surface area (TPSA) is 81.8 Å². The summed E-state index contributed by atoms with van der Waals surface area (Å²) >= 11 is 0. The SMILES string of the molecule is Cc1ccc(C2(C)NC(=O)N(CC(=O)NCC(c3ccccc3)N(C)C)C2=O)cc1. The van der Waals surface area contributed by atoms with Gasteiger partial charge < -0.3 is 15.5 Å². The molecule has 3 rings (SSSR count). The zero-order valence-corrected chi connectivity index (χ0v) is 17.8. The van der Waals surface area contributed by atoms with Gasteiger partial charge in [0.15, 0.2) is 0 Å². The predicted molar refractivity (Wildman–Crippen MR) is 115 cm³/mol. The quantitative estimate of drug-likeness (QED) is 0.688. The fourth-order valence-electron chi connectivity index (χ4n) is 3.61. The fourth-order valence-corrected chi connectivity index (χ4v) is 3.61. The van der Waals surface area contributed by atoms with Crippen molar-refractivity contribution in [1.82, 2.24) is 20.4 Å². The molecule has 7 nitrogen and oxygen atoms in total. The number of carbonyl (C=O) groups is 3. The number of nitrogens with zero attached hydrogens (tertiary/aromatic N) is 2. The van der Waals surface area contributed by atoms with E-state index in [1.807, 2.05) is 80.5 Å². The van der Waals surface area contributed by atoms with Gasteiger partial charge in [-0.05, 0) is 39.1 Å². The molecule has 0 bridgehead atoms. The molecule has 7 heteroatoms. The fraction of sp³-hybridized carbons (Fsp3) is 0.348. The first-order valence-corrected chi connectivity index (χ1v) is 9.91. The Kier molecular flexibility index (Phi) is 6.22. The van der Waals surface area contributed by atoms with E-state index in [1.165, 1.54) is 0 Å². The number of imide groups is 1. The molecule has 4 amide bonds. The van der Waals surface area contributed by atoms with Crippen LogP contribution in [-0.4, -0.2) is 54.8 Å².